The molecular weight excluding hydrogens is 306 g/mol. The zero-order chi connectivity index (χ0) is 16.7. The first-order valence-electron chi connectivity index (χ1n) is 8.03. The summed E-state index contributed by atoms with van der Waals surface area (Å²) < 4.78 is 7.43. The number of aryl methyl sites for hydroxylation is 2. The number of hydrogen-bond acceptors (Lipinski definition) is 4. The predicted molar refractivity (Wildman–Crippen MR) is 87.4 cm³/mol. The molecule has 3 heterocycles. The van der Waals surface area contributed by atoms with Crippen LogP contribution in [0.25, 0.3) is 11.5 Å². The molecule has 7 heteroatoms. The van der Waals surface area contributed by atoms with Gasteiger partial charge in [-0.25, -0.2) is 0 Å². The van der Waals surface area contributed by atoms with Crippen molar-refractivity contribution in [3.05, 3.63) is 47.1 Å². The summed E-state index contributed by atoms with van der Waals surface area (Å²) in [6.45, 7) is 2.26. The Balaban J connectivity index is 1.41. The van der Waals surface area contributed by atoms with Gasteiger partial charge in [-0.15, -0.1) is 0 Å². The zero-order valence-electron chi connectivity index (χ0n) is 13.7. The van der Waals surface area contributed by atoms with Crippen LogP contribution in [-0.4, -0.2) is 25.9 Å². The fourth-order valence-corrected chi connectivity index (χ4v) is 2.80. The Kier molecular flexibility index (Phi) is 3.48. The molecule has 0 saturated heterocycles. The van der Waals surface area contributed by atoms with E-state index in [0.717, 1.165) is 11.5 Å². The summed E-state index contributed by atoms with van der Waals surface area (Å²) in [5.74, 6) is 1.88. The fraction of sp³-hybridized carbons (Fsp3) is 0.353. The summed E-state index contributed by atoms with van der Waals surface area (Å²) in [7, 11) is 1.95. The molecule has 1 fully saturated rings. The van der Waals surface area contributed by atoms with E-state index in [2.05, 4.69) is 26.7 Å². The maximum absolute atomic E-state index is 12.2. The Hall–Kier alpha value is -2.83. The van der Waals surface area contributed by atoms with Crippen molar-refractivity contribution in [2.45, 2.75) is 32.2 Å². The topological polar surface area (TPSA) is 88.7 Å². The third-order valence-electron chi connectivity index (χ3n) is 4.21. The zero-order valence-corrected chi connectivity index (χ0v) is 13.7. The smallest absolute Gasteiger partial charge is 0.272 e. The number of carbonyl (C=O) groups is 1. The standard InChI is InChI=1S/C17H19N5O2/c1-10-3-6-16(24-10)13-8-14(20-19-13)17(23)18-9-12-7-15(11-4-5-11)22(2)21-12/h3,6-8,11H,4-5,9H2,1-2H3,(H,18,23)(H,19,20). The van der Waals surface area contributed by atoms with Gasteiger partial charge in [0, 0.05) is 24.7 Å². The maximum Gasteiger partial charge on any atom is 0.272 e. The first-order valence-corrected chi connectivity index (χ1v) is 8.03. The summed E-state index contributed by atoms with van der Waals surface area (Å²) in [6, 6.07) is 7.47. The molecule has 2 N–H and O–H groups in total. The highest BCUT2D eigenvalue weighted by atomic mass is 16.3. The summed E-state index contributed by atoms with van der Waals surface area (Å²) >= 11 is 0. The van der Waals surface area contributed by atoms with Crippen LogP contribution in [0.1, 0.15) is 46.4 Å². The van der Waals surface area contributed by atoms with Crippen molar-refractivity contribution in [3.63, 3.8) is 0 Å². The van der Waals surface area contributed by atoms with Crippen molar-refractivity contribution in [1.82, 2.24) is 25.3 Å². The molecule has 7 nitrogen and oxygen atoms in total. The highest BCUT2D eigenvalue weighted by Gasteiger charge is 2.27. The van der Waals surface area contributed by atoms with Gasteiger partial charge in [-0.3, -0.25) is 14.6 Å². The molecule has 0 aromatic carbocycles. The van der Waals surface area contributed by atoms with E-state index in [4.69, 9.17) is 4.42 Å². The number of rotatable bonds is 5. The molecule has 1 amide bonds. The second-order valence-corrected chi connectivity index (χ2v) is 6.22. The molecule has 1 aliphatic rings. The molecular formula is C17H19N5O2. The van der Waals surface area contributed by atoms with Crippen molar-refractivity contribution in [2.75, 3.05) is 0 Å². The van der Waals surface area contributed by atoms with E-state index < -0.39 is 0 Å². The van der Waals surface area contributed by atoms with Gasteiger partial charge in [-0.2, -0.15) is 10.2 Å². The minimum Gasteiger partial charge on any atom is -0.460 e. The molecule has 1 aliphatic carbocycles. The Morgan fingerprint density at radius 1 is 1.42 bits per heavy atom. The third kappa shape index (κ3) is 2.84. The number of nitrogens with zero attached hydrogens (tertiary/aromatic N) is 3. The Morgan fingerprint density at radius 2 is 2.25 bits per heavy atom. The molecule has 0 aliphatic heterocycles. The van der Waals surface area contributed by atoms with Gasteiger partial charge in [0.25, 0.3) is 5.91 Å². The van der Waals surface area contributed by atoms with Gasteiger partial charge < -0.3 is 9.73 Å². The number of aromatic nitrogens is 4. The molecule has 0 spiro atoms. The number of aromatic amines is 1. The van der Waals surface area contributed by atoms with Crippen molar-refractivity contribution in [2.24, 2.45) is 7.05 Å². The Labute approximate surface area is 139 Å². The molecule has 124 valence electrons. The average molecular weight is 325 g/mol. The number of hydrogen-bond donors (Lipinski definition) is 2. The largest absolute Gasteiger partial charge is 0.460 e. The number of H-pyrrole nitrogens is 1. The molecule has 24 heavy (non-hydrogen) atoms. The molecule has 3 aromatic rings. The van der Waals surface area contributed by atoms with Crippen molar-refractivity contribution in [3.8, 4) is 11.5 Å². The summed E-state index contributed by atoms with van der Waals surface area (Å²) in [5.41, 5.74) is 3.12. The van der Waals surface area contributed by atoms with E-state index in [1.54, 1.807) is 6.07 Å². The predicted octanol–water partition coefficient (Wildman–Crippen LogP) is 2.52. The monoisotopic (exact) mass is 325 g/mol. The quantitative estimate of drug-likeness (QED) is 0.754. The highest BCUT2D eigenvalue weighted by molar-refractivity contribution is 5.93. The second kappa shape index (κ2) is 5.67. The van der Waals surface area contributed by atoms with Crippen LogP contribution in [-0.2, 0) is 13.6 Å². The lowest BCUT2D eigenvalue weighted by Crippen LogP contribution is -2.23. The van der Waals surface area contributed by atoms with Crippen LogP contribution >= 0.6 is 0 Å². The van der Waals surface area contributed by atoms with E-state index in [1.165, 1.54) is 18.5 Å². The lowest BCUT2D eigenvalue weighted by molar-refractivity contribution is 0.0945. The van der Waals surface area contributed by atoms with E-state index in [1.807, 2.05) is 30.8 Å². The van der Waals surface area contributed by atoms with Crippen molar-refractivity contribution < 1.29 is 9.21 Å². The van der Waals surface area contributed by atoms with Crippen LogP contribution in [0, 0.1) is 6.92 Å². The van der Waals surface area contributed by atoms with Gasteiger partial charge in [-0.1, -0.05) is 0 Å². The number of furan rings is 1. The number of nitrogens with one attached hydrogen (secondary N) is 2. The highest BCUT2D eigenvalue weighted by Crippen LogP contribution is 2.39. The van der Waals surface area contributed by atoms with Crippen LogP contribution in [0.5, 0.6) is 0 Å². The Bertz CT molecular complexity index is 885. The first kappa shape index (κ1) is 14.7. The molecule has 0 radical (unpaired) electrons. The Morgan fingerprint density at radius 3 is 2.96 bits per heavy atom. The second-order valence-electron chi connectivity index (χ2n) is 6.22. The van der Waals surface area contributed by atoms with Gasteiger partial charge in [0.05, 0.1) is 12.2 Å². The minimum atomic E-state index is -0.237. The number of amides is 1. The van der Waals surface area contributed by atoms with Crippen LogP contribution in [0.3, 0.4) is 0 Å². The van der Waals surface area contributed by atoms with Crippen LogP contribution in [0.4, 0.5) is 0 Å². The maximum atomic E-state index is 12.2. The summed E-state index contributed by atoms with van der Waals surface area (Å²) in [5, 5.41) is 14.2. The van der Waals surface area contributed by atoms with Gasteiger partial charge in [0.2, 0.25) is 0 Å². The van der Waals surface area contributed by atoms with Crippen molar-refractivity contribution in [1.29, 1.82) is 0 Å². The average Bonchev–Trinajstić information content (AvgIpc) is 2.97. The van der Waals surface area contributed by atoms with E-state index >= 15 is 0 Å². The first-order chi connectivity index (χ1) is 11.6. The van der Waals surface area contributed by atoms with Gasteiger partial charge in [-0.05, 0) is 38.0 Å². The van der Waals surface area contributed by atoms with Crippen LogP contribution in [0.15, 0.2) is 28.7 Å². The van der Waals surface area contributed by atoms with Gasteiger partial charge in [0.15, 0.2) is 11.5 Å². The van der Waals surface area contributed by atoms with Crippen LogP contribution < -0.4 is 5.32 Å². The summed E-state index contributed by atoms with van der Waals surface area (Å²) in [6.07, 6.45) is 2.46. The number of carbonyl (C=O) groups excluding carboxylic acids is 1. The lowest BCUT2D eigenvalue weighted by atomic mass is 10.2. The normalized spacial score (nSPS) is 14.1. The van der Waals surface area contributed by atoms with E-state index in [9.17, 15) is 4.79 Å². The molecule has 4 rings (SSSR count). The lowest BCUT2D eigenvalue weighted by Gasteiger charge is -1.99. The van der Waals surface area contributed by atoms with E-state index in [0.29, 0.717) is 29.6 Å². The third-order valence-corrected chi connectivity index (χ3v) is 4.21. The molecule has 0 unspecified atom stereocenters. The fourth-order valence-electron chi connectivity index (χ4n) is 2.80. The molecule has 0 bridgehead atoms. The summed E-state index contributed by atoms with van der Waals surface area (Å²) in [4.78, 5) is 12.2. The van der Waals surface area contributed by atoms with Crippen molar-refractivity contribution >= 4 is 5.91 Å². The van der Waals surface area contributed by atoms with Gasteiger partial charge >= 0.3 is 0 Å². The van der Waals surface area contributed by atoms with E-state index in [-0.39, 0.29) is 5.91 Å². The van der Waals surface area contributed by atoms with Crippen LogP contribution in [0.2, 0.25) is 0 Å². The molecule has 1 saturated carbocycles. The SMILES string of the molecule is Cc1ccc(-c2cc(C(=O)NCc3cc(C4CC4)n(C)n3)n[nH]2)o1. The van der Waals surface area contributed by atoms with Gasteiger partial charge in [0.1, 0.15) is 11.5 Å². The molecule has 3 aromatic heterocycles. The molecule has 0 atom stereocenters. The minimum absolute atomic E-state index is 0.237.